The highest BCUT2D eigenvalue weighted by Gasteiger charge is 2.37. The first-order valence-corrected chi connectivity index (χ1v) is 6.39. The lowest BCUT2D eigenvalue weighted by molar-refractivity contribution is 0.580. The Balaban J connectivity index is 0.000000457. The average molecular weight is 218 g/mol. The minimum Gasteiger partial charge on any atom is -0.366 e. The van der Waals surface area contributed by atoms with Crippen molar-refractivity contribution in [3.63, 3.8) is 0 Å². The molecule has 2 nitrogen and oxygen atoms in total. The second-order valence-corrected chi connectivity index (χ2v) is 4.48. The minimum atomic E-state index is 0.737. The maximum absolute atomic E-state index is 3.53. The van der Waals surface area contributed by atoms with Gasteiger partial charge >= 0.3 is 0 Å². The molecule has 2 bridgehead atoms. The van der Waals surface area contributed by atoms with E-state index in [0.29, 0.717) is 0 Å². The predicted octanol–water partition coefficient (Wildman–Crippen LogP) is 2.57. The Morgan fingerprint density at radius 1 is 1.19 bits per heavy atom. The first-order valence-electron chi connectivity index (χ1n) is 6.39. The summed E-state index contributed by atoms with van der Waals surface area (Å²) in [6.07, 6.45) is 1.33. The lowest BCUT2D eigenvalue weighted by Gasteiger charge is -2.29. The van der Waals surface area contributed by atoms with Crippen LogP contribution in [0.25, 0.3) is 0 Å². The summed E-state index contributed by atoms with van der Waals surface area (Å²) >= 11 is 0. The van der Waals surface area contributed by atoms with Gasteiger partial charge < -0.3 is 10.2 Å². The van der Waals surface area contributed by atoms with E-state index in [9.17, 15) is 0 Å². The van der Waals surface area contributed by atoms with Crippen LogP contribution in [0.1, 0.15) is 25.8 Å². The number of nitrogens with zero attached hydrogens (tertiary/aromatic N) is 1. The molecule has 2 heterocycles. The molecule has 88 valence electrons. The van der Waals surface area contributed by atoms with E-state index in [4.69, 9.17) is 0 Å². The highest BCUT2D eigenvalue weighted by molar-refractivity contribution is 5.50. The predicted molar refractivity (Wildman–Crippen MR) is 70.1 cm³/mol. The second kappa shape index (κ2) is 4.88. The van der Waals surface area contributed by atoms with Crippen LogP contribution in [0, 0.1) is 6.92 Å². The summed E-state index contributed by atoms with van der Waals surface area (Å²) in [6.45, 7) is 8.49. The van der Waals surface area contributed by atoms with E-state index in [1.54, 1.807) is 0 Å². The van der Waals surface area contributed by atoms with E-state index >= 15 is 0 Å². The van der Waals surface area contributed by atoms with E-state index in [-0.39, 0.29) is 0 Å². The maximum atomic E-state index is 3.53. The van der Waals surface area contributed by atoms with Crippen molar-refractivity contribution in [3.8, 4) is 0 Å². The number of benzene rings is 1. The van der Waals surface area contributed by atoms with Crippen molar-refractivity contribution in [3.05, 3.63) is 29.8 Å². The topological polar surface area (TPSA) is 15.3 Å². The molecule has 1 aromatic carbocycles. The normalized spacial score (nSPS) is 26.6. The van der Waals surface area contributed by atoms with Crippen molar-refractivity contribution in [1.29, 1.82) is 0 Å². The number of fused-ring (bicyclic) bond motifs is 2. The molecule has 3 rings (SSSR count). The standard InChI is InChI=1S/C12H16N2.C2H6/c1-9-2-4-11(5-3-9)14-8-10-6-12(14)7-13-10;1-2/h2-5,10,12-13H,6-8H2,1H3;1-2H3/t10-,12?;/m1./s1. The number of piperazine rings is 1. The fourth-order valence-corrected chi connectivity index (χ4v) is 2.61. The van der Waals surface area contributed by atoms with Gasteiger partial charge in [-0.2, -0.15) is 0 Å². The third-order valence-corrected chi connectivity index (χ3v) is 3.42. The molecule has 2 fully saturated rings. The van der Waals surface area contributed by atoms with E-state index in [1.165, 1.54) is 30.8 Å². The molecule has 0 radical (unpaired) electrons. The molecule has 16 heavy (non-hydrogen) atoms. The summed E-state index contributed by atoms with van der Waals surface area (Å²) in [5.41, 5.74) is 2.74. The molecule has 2 atom stereocenters. The third kappa shape index (κ3) is 2.07. The van der Waals surface area contributed by atoms with Crippen molar-refractivity contribution in [2.75, 3.05) is 18.0 Å². The first kappa shape index (κ1) is 11.5. The van der Waals surface area contributed by atoms with Gasteiger partial charge in [0.2, 0.25) is 0 Å². The van der Waals surface area contributed by atoms with Gasteiger partial charge in [-0.25, -0.2) is 0 Å². The van der Waals surface area contributed by atoms with Crippen LogP contribution in [-0.2, 0) is 0 Å². The van der Waals surface area contributed by atoms with Crippen LogP contribution in [0.3, 0.4) is 0 Å². The molecule has 2 aliphatic heterocycles. The summed E-state index contributed by atoms with van der Waals surface area (Å²) in [5, 5.41) is 3.53. The van der Waals surface area contributed by atoms with Gasteiger partial charge in [-0.15, -0.1) is 0 Å². The molecular weight excluding hydrogens is 196 g/mol. The molecule has 0 spiro atoms. The fourth-order valence-electron chi connectivity index (χ4n) is 2.61. The quantitative estimate of drug-likeness (QED) is 0.779. The Labute approximate surface area is 98.7 Å². The Hall–Kier alpha value is -1.02. The van der Waals surface area contributed by atoms with Crippen LogP contribution in [-0.4, -0.2) is 25.2 Å². The van der Waals surface area contributed by atoms with Crippen molar-refractivity contribution in [1.82, 2.24) is 5.32 Å². The molecule has 0 amide bonds. The molecule has 1 unspecified atom stereocenters. The Morgan fingerprint density at radius 2 is 1.88 bits per heavy atom. The van der Waals surface area contributed by atoms with Gasteiger partial charge in [-0.05, 0) is 25.5 Å². The second-order valence-electron chi connectivity index (χ2n) is 4.48. The number of hydrogen-bond donors (Lipinski definition) is 1. The number of hydrogen-bond acceptors (Lipinski definition) is 2. The fraction of sp³-hybridized carbons (Fsp3) is 0.571. The molecular formula is C14H22N2. The monoisotopic (exact) mass is 218 g/mol. The molecule has 0 saturated carbocycles. The molecule has 2 saturated heterocycles. The maximum Gasteiger partial charge on any atom is 0.0430 e. The van der Waals surface area contributed by atoms with Gasteiger partial charge in [0.1, 0.15) is 0 Å². The SMILES string of the molecule is CC.Cc1ccc(N2C[C@H]3CC2CN3)cc1. The Morgan fingerprint density at radius 3 is 2.38 bits per heavy atom. The minimum absolute atomic E-state index is 0.737. The molecule has 2 aliphatic rings. The third-order valence-electron chi connectivity index (χ3n) is 3.42. The number of aryl methyl sites for hydroxylation is 1. The summed E-state index contributed by atoms with van der Waals surface area (Å²) in [5.74, 6) is 0. The van der Waals surface area contributed by atoms with E-state index in [2.05, 4.69) is 41.4 Å². The summed E-state index contributed by atoms with van der Waals surface area (Å²) in [4.78, 5) is 2.54. The van der Waals surface area contributed by atoms with Gasteiger partial charge in [0.05, 0.1) is 0 Å². The molecule has 2 heteroatoms. The van der Waals surface area contributed by atoms with Gasteiger partial charge in [-0.3, -0.25) is 0 Å². The van der Waals surface area contributed by atoms with Gasteiger partial charge in [-0.1, -0.05) is 31.5 Å². The van der Waals surface area contributed by atoms with Crippen molar-refractivity contribution < 1.29 is 0 Å². The van der Waals surface area contributed by atoms with Gasteiger partial charge in [0.15, 0.2) is 0 Å². The number of rotatable bonds is 1. The van der Waals surface area contributed by atoms with Gasteiger partial charge in [0, 0.05) is 30.9 Å². The van der Waals surface area contributed by atoms with Crippen LogP contribution in [0.5, 0.6) is 0 Å². The number of anilines is 1. The Kier molecular flexibility index (Phi) is 3.49. The van der Waals surface area contributed by atoms with Crippen molar-refractivity contribution in [2.45, 2.75) is 39.3 Å². The van der Waals surface area contributed by atoms with Crippen LogP contribution in [0.2, 0.25) is 0 Å². The molecule has 0 aliphatic carbocycles. The molecule has 1 N–H and O–H groups in total. The summed E-state index contributed by atoms with van der Waals surface area (Å²) < 4.78 is 0. The van der Waals surface area contributed by atoms with Gasteiger partial charge in [0.25, 0.3) is 0 Å². The largest absolute Gasteiger partial charge is 0.366 e. The molecule has 0 aromatic heterocycles. The highest BCUT2D eigenvalue weighted by Crippen LogP contribution is 2.29. The number of nitrogens with one attached hydrogen (secondary N) is 1. The summed E-state index contributed by atoms with van der Waals surface area (Å²) in [6, 6.07) is 10.4. The zero-order valence-electron chi connectivity index (χ0n) is 10.5. The zero-order valence-corrected chi connectivity index (χ0v) is 10.5. The van der Waals surface area contributed by atoms with Crippen LogP contribution >= 0.6 is 0 Å². The van der Waals surface area contributed by atoms with Crippen molar-refractivity contribution in [2.24, 2.45) is 0 Å². The Bertz CT molecular complexity index is 331. The smallest absolute Gasteiger partial charge is 0.0430 e. The first-order chi connectivity index (χ1) is 7.83. The molecule has 1 aromatic rings. The van der Waals surface area contributed by atoms with Crippen LogP contribution in [0.4, 0.5) is 5.69 Å². The van der Waals surface area contributed by atoms with Crippen LogP contribution in [0.15, 0.2) is 24.3 Å². The van der Waals surface area contributed by atoms with E-state index < -0.39 is 0 Å². The van der Waals surface area contributed by atoms with E-state index in [0.717, 1.165) is 12.1 Å². The lowest BCUT2D eigenvalue weighted by Crippen LogP contribution is -2.43. The lowest BCUT2D eigenvalue weighted by atomic mass is 10.2. The zero-order chi connectivity index (χ0) is 11.5. The van der Waals surface area contributed by atoms with Crippen molar-refractivity contribution >= 4 is 5.69 Å². The highest BCUT2D eigenvalue weighted by atomic mass is 15.3. The average Bonchev–Trinajstić information content (AvgIpc) is 2.94. The van der Waals surface area contributed by atoms with Crippen LogP contribution < -0.4 is 10.2 Å². The van der Waals surface area contributed by atoms with E-state index in [1.807, 2.05) is 13.8 Å². The summed E-state index contributed by atoms with van der Waals surface area (Å²) in [7, 11) is 0.